The van der Waals surface area contributed by atoms with E-state index in [2.05, 4.69) is 25.9 Å². The first kappa shape index (κ1) is 20.3. The number of nitro groups is 1. The van der Waals surface area contributed by atoms with E-state index in [4.69, 9.17) is 4.74 Å². The minimum atomic E-state index is -0.504. The quantitative estimate of drug-likeness (QED) is 0.349. The number of hydrogen-bond donors (Lipinski definition) is 0. The molecule has 3 rings (SSSR count). The summed E-state index contributed by atoms with van der Waals surface area (Å²) in [6, 6.07) is 15.6. The minimum absolute atomic E-state index is 0.0309. The highest BCUT2D eigenvalue weighted by Gasteiger charge is 2.20. The van der Waals surface area contributed by atoms with Gasteiger partial charge in [-0.05, 0) is 36.1 Å². The monoisotopic (exact) mass is 393 g/mol. The summed E-state index contributed by atoms with van der Waals surface area (Å²) in [5, 5.41) is 15.5. The third-order valence-electron chi connectivity index (χ3n) is 4.55. The van der Waals surface area contributed by atoms with E-state index in [9.17, 15) is 14.9 Å². The average molecular weight is 393 g/mol. The van der Waals surface area contributed by atoms with Crippen LogP contribution in [-0.4, -0.2) is 27.3 Å². The second-order valence-electron chi connectivity index (χ2n) is 7.65. The van der Waals surface area contributed by atoms with Crippen LogP contribution < -0.4 is 0 Å². The number of rotatable bonds is 5. The van der Waals surface area contributed by atoms with Crippen molar-refractivity contribution in [1.29, 1.82) is 0 Å². The van der Waals surface area contributed by atoms with Gasteiger partial charge < -0.3 is 4.74 Å². The van der Waals surface area contributed by atoms with Crippen LogP contribution in [0.1, 0.15) is 43.7 Å². The van der Waals surface area contributed by atoms with Crippen molar-refractivity contribution in [3.63, 3.8) is 0 Å². The molecule has 3 aromatic rings. The molecule has 0 aliphatic rings. The second kappa shape index (κ2) is 7.87. The van der Waals surface area contributed by atoms with Crippen LogP contribution in [0.5, 0.6) is 0 Å². The topological polar surface area (TPSA) is 87.3 Å². The van der Waals surface area contributed by atoms with Gasteiger partial charge in [-0.25, -0.2) is 9.48 Å². The number of nitrogens with zero attached hydrogens (tertiary/aromatic N) is 3. The number of nitro benzene ring substituents is 1. The van der Waals surface area contributed by atoms with Crippen molar-refractivity contribution >= 4 is 11.7 Å². The molecule has 0 saturated carbocycles. The molecule has 0 amide bonds. The number of non-ortho nitro benzene ring substituents is 1. The van der Waals surface area contributed by atoms with E-state index in [0.717, 1.165) is 5.56 Å². The number of ether oxygens (including phenoxy) is 1. The molecule has 7 nitrogen and oxygen atoms in total. The Hall–Kier alpha value is -3.48. The summed E-state index contributed by atoms with van der Waals surface area (Å²) in [7, 11) is 0. The molecule has 1 aromatic heterocycles. The third kappa shape index (κ3) is 4.34. The molecule has 2 aromatic carbocycles. The molecule has 0 spiro atoms. The molecule has 150 valence electrons. The summed E-state index contributed by atoms with van der Waals surface area (Å²) in [4.78, 5) is 22.9. The third-order valence-corrected chi connectivity index (χ3v) is 4.55. The van der Waals surface area contributed by atoms with Gasteiger partial charge in [0, 0.05) is 17.7 Å². The predicted octanol–water partition coefficient (Wildman–Crippen LogP) is 4.92. The molecular formula is C22H23N3O4. The van der Waals surface area contributed by atoms with Gasteiger partial charge in [-0.1, -0.05) is 45.0 Å². The molecule has 0 aliphatic carbocycles. The Bertz CT molecular complexity index is 1030. The Morgan fingerprint density at radius 3 is 2.24 bits per heavy atom. The van der Waals surface area contributed by atoms with Gasteiger partial charge in [0.2, 0.25) is 0 Å². The molecule has 0 radical (unpaired) electrons. The van der Waals surface area contributed by atoms with Crippen molar-refractivity contribution in [3.8, 4) is 16.9 Å². The van der Waals surface area contributed by atoms with E-state index in [1.807, 2.05) is 24.3 Å². The molecule has 29 heavy (non-hydrogen) atoms. The van der Waals surface area contributed by atoms with Crippen LogP contribution in [0.2, 0.25) is 0 Å². The summed E-state index contributed by atoms with van der Waals surface area (Å²) < 4.78 is 6.61. The van der Waals surface area contributed by atoms with Crippen LogP contribution in [-0.2, 0) is 10.2 Å². The first-order valence-corrected chi connectivity index (χ1v) is 9.33. The van der Waals surface area contributed by atoms with Crippen LogP contribution in [0.3, 0.4) is 0 Å². The van der Waals surface area contributed by atoms with Gasteiger partial charge in [0.05, 0.1) is 22.9 Å². The predicted molar refractivity (Wildman–Crippen MR) is 110 cm³/mol. The molecule has 0 atom stereocenters. The minimum Gasteiger partial charge on any atom is -0.461 e. The largest absolute Gasteiger partial charge is 0.461 e. The number of carbonyl (C=O) groups excluding carboxylic acids is 1. The second-order valence-corrected chi connectivity index (χ2v) is 7.65. The zero-order valence-electron chi connectivity index (χ0n) is 16.9. The average Bonchev–Trinajstić information content (AvgIpc) is 3.13. The Labute approximate surface area is 169 Å². The van der Waals surface area contributed by atoms with Crippen molar-refractivity contribution in [1.82, 2.24) is 9.78 Å². The van der Waals surface area contributed by atoms with Gasteiger partial charge in [0.1, 0.15) is 0 Å². The summed E-state index contributed by atoms with van der Waals surface area (Å²) in [5.41, 5.74) is 3.48. The van der Waals surface area contributed by atoms with E-state index >= 15 is 0 Å². The maximum Gasteiger partial charge on any atom is 0.357 e. The fourth-order valence-electron chi connectivity index (χ4n) is 2.93. The van der Waals surface area contributed by atoms with E-state index < -0.39 is 10.9 Å². The molecule has 0 aliphatic heterocycles. The normalized spacial score (nSPS) is 11.3. The molecule has 7 heteroatoms. The Morgan fingerprint density at radius 1 is 1.10 bits per heavy atom. The lowest BCUT2D eigenvalue weighted by molar-refractivity contribution is -0.384. The van der Waals surface area contributed by atoms with Gasteiger partial charge in [-0.2, -0.15) is 5.10 Å². The van der Waals surface area contributed by atoms with E-state index in [1.54, 1.807) is 25.1 Å². The van der Waals surface area contributed by atoms with Crippen molar-refractivity contribution in [2.75, 3.05) is 6.61 Å². The van der Waals surface area contributed by atoms with Gasteiger partial charge in [0.25, 0.3) is 5.69 Å². The lowest BCUT2D eigenvalue weighted by atomic mass is 9.86. The van der Waals surface area contributed by atoms with Crippen molar-refractivity contribution in [2.45, 2.75) is 33.1 Å². The molecule has 1 heterocycles. The highest BCUT2D eigenvalue weighted by molar-refractivity contribution is 5.89. The number of benzene rings is 2. The van der Waals surface area contributed by atoms with Crippen LogP contribution in [0.4, 0.5) is 5.69 Å². The van der Waals surface area contributed by atoms with Crippen LogP contribution in [0, 0.1) is 10.1 Å². The Balaban J connectivity index is 2.05. The summed E-state index contributed by atoms with van der Waals surface area (Å²) in [5.74, 6) is -0.504. The SMILES string of the molecule is CCOC(=O)c1cc(-c2ccc(C(C)(C)C)cc2)nn1-c1ccc([N+](=O)[O-])cc1. The Morgan fingerprint density at radius 2 is 1.72 bits per heavy atom. The van der Waals surface area contributed by atoms with Gasteiger partial charge in [0.15, 0.2) is 5.69 Å². The molecule has 0 unspecified atom stereocenters. The van der Waals surface area contributed by atoms with E-state index in [-0.39, 0.29) is 23.4 Å². The van der Waals surface area contributed by atoms with Crippen LogP contribution in [0.25, 0.3) is 16.9 Å². The van der Waals surface area contributed by atoms with Crippen molar-refractivity contribution in [3.05, 3.63) is 76.0 Å². The maximum atomic E-state index is 12.5. The lowest BCUT2D eigenvalue weighted by Crippen LogP contribution is -2.11. The first-order chi connectivity index (χ1) is 13.7. The fraction of sp³-hybridized carbons (Fsp3) is 0.273. The maximum absolute atomic E-state index is 12.5. The molecule has 0 saturated heterocycles. The zero-order chi connectivity index (χ0) is 21.2. The van der Waals surface area contributed by atoms with Gasteiger partial charge in [-0.15, -0.1) is 0 Å². The summed E-state index contributed by atoms with van der Waals surface area (Å²) in [6.45, 7) is 8.40. The van der Waals surface area contributed by atoms with Crippen LogP contribution >= 0.6 is 0 Å². The van der Waals surface area contributed by atoms with E-state index in [1.165, 1.54) is 22.4 Å². The van der Waals surface area contributed by atoms with Crippen molar-refractivity contribution < 1.29 is 14.5 Å². The van der Waals surface area contributed by atoms with Crippen LogP contribution in [0.15, 0.2) is 54.6 Å². The highest BCUT2D eigenvalue weighted by atomic mass is 16.6. The number of carbonyl (C=O) groups is 1. The molecule has 0 N–H and O–H groups in total. The molecular weight excluding hydrogens is 370 g/mol. The fourth-order valence-corrected chi connectivity index (χ4v) is 2.93. The van der Waals surface area contributed by atoms with Gasteiger partial charge in [-0.3, -0.25) is 10.1 Å². The van der Waals surface area contributed by atoms with Crippen molar-refractivity contribution in [2.24, 2.45) is 0 Å². The molecule has 0 bridgehead atoms. The van der Waals surface area contributed by atoms with E-state index in [0.29, 0.717) is 11.4 Å². The summed E-state index contributed by atoms with van der Waals surface area (Å²) in [6.07, 6.45) is 0. The Kier molecular flexibility index (Phi) is 5.50. The number of aromatic nitrogens is 2. The highest BCUT2D eigenvalue weighted by Crippen LogP contribution is 2.27. The lowest BCUT2D eigenvalue weighted by Gasteiger charge is -2.18. The zero-order valence-corrected chi connectivity index (χ0v) is 16.9. The summed E-state index contributed by atoms with van der Waals surface area (Å²) >= 11 is 0. The number of hydrogen-bond acceptors (Lipinski definition) is 5. The standard InChI is InChI=1S/C22H23N3O4/c1-5-29-21(26)20-14-19(15-6-8-16(9-7-15)22(2,3)4)23-24(20)17-10-12-18(13-11-17)25(27)28/h6-14H,5H2,1-4H3. The number of esters is 1. The first-order valence-electron chi connectivity index (χ1n) is 9.33. The smallest absolute Gasteiger partial charge is 0.357 e. The molecule has 0 fully saturated rings. The van der Waals surface area contributed by atoms with Gasteiger partial charge >= 0.3 is 5.97 Å².